The molecule has 0 radical (unpaired) electrons. The van der Waals surface area contributed by atoms with Crippen LogP contribution in [-0.4, -0.2) is 26.7 Å². The van der Waals surface area contributed by atoms with Crippen molar-refractivity contribution in [3.8, 4) is 0 Å². The lowest BCUT2D eigenvalue weighted by molar-refractivity contribution is 0.198. The zero-order valence-corrected chi connectivity index (χ0v) is 12.9. The van der Waals surface area contributed by atoms with Crippen LogP contribution < -0.4 is 0 Å². The van der Waals surface area contributed by atoms with E-state index in [1.807, 2.05) is 35.1 Å². The first-order valence-electron chi connectivity index (χ1n) is 7.09. The molecule has 2 aromatic rings. The molecule has 0 aliphatic rings. The van der Waals surface area contributed by atoms with Crippen molar-refractivity contribution in [1.82, 2.24) is 9.78 Å². The Hall–Kier alpha value is -1.26. The molecule has 1 heterocycles. The highest BCUT2D eigenvalue weighted by atomic mass is 32.2. The molecule has 4 heteroatoms. The zero-order chi connectivity index (χ0) is 14.4. The van der Waals surface area contributed by atoms with Gasteiger partial charge in [-0.25, -0.2) is 0 Å². The first-order chi connectivity index (χ1) is 9.69. The van der Waals surface area contributed by atoms with Crippen molar-refractivity contribution in [3.63, 3.8) is 0 Å². The molecular weight excluding hydrogens is 268 g/mol. The van der Waals surface area contributed by atoms with Gasteiger partial charge in [-0.2, -0.15) is 5.10 Å². The molecule has 1 aromatic heterocycles. The van der Waals surface area contributed by atoms with Gasteiger partial charge in [-0.05, 0) is 31.5 Å². The fraction of sp³-hybridized carbons (Fsp3) is 0.438. The Morgan fingerprint density at radius 2 is 2.00 bits per heavy atom. The van der Waals surface area contributed by atoms with Crippen molar-refractivity contribution in [2.45, 2.75) is 43.7 Å². The Morgan fingerprint density at radius 3 is 2.70 bits per heavy atom. The average Bonchev–Trinajstić information content (AvgIpc) is 2.94. The van der Waals surface area contributed by atoms with Gasteiger partial charge in [0.2, 0.25) is 0 Å². The third-order valence-electron chi connectivity index (χ3n) is 3.34. The predicted octanol–water partition coefficient (Wildman–Crippen LogP) is 3.55. The third kappa shape index (κ3) is 4.39. The molecule has 3 nitrogen and oxygen atoms in total. The van der Waals surface area contributed by atoms with Crippen LogP contribution in [0.3, 0.4) is 0 Å². The summed E-state index contributed by atoms with van der Waals surface area (Å²) in [5.74, 6) is 0.695. The molecule has 1 N–H and O–H groups in total. The van der Waals surface area contributed by atoms with E-state index in [4.69, 9.17) is 0 Å². The summed E-state index contributed by atoms with van der Waals surface area (Å²) >= 11 is 1.68. The topological polar surface area (TPSA) is 38.0 Å². The van der Waals surface area contributed by atoms with Crippen molar-refractivity contribution in [1.29, 1.82) is 0 Å². The number of thioether (sulfide) groups is 1. The zero-order valence-electron chi connectivity index (χ0n) is 12.1. The molecule has 2 rings (SSSR count). The lowest BCUT2D eigenvalue weighted by Crippen LogP contribution is -2.14. The van der Waals surface area contributed by atoms with Crippen LogP contribution in [0.5, 0.6) is 0 Å². The van der Waals surface area contributed by atoms with E-state index in [1.54, 1.807) is 11.8 Å². The number of hydrogen-bond acceptors (Lipinski definition) is 3. The summed E-state index contributed by atoms with van der Waals surface area (Å²) < 4.78 is 1.98. The van der Waals surface area contributed by atoms with Gasteiger partial charge in [-0.15, -0.1) is 11.8 Å². The summed E-state index contributed by atoms with van der Waals surface area (Å²) in [6.07, 6.45) is 3.32. The first-order valence-corrected chi connectivity index (χ1v) is 8.07. The van der Waals surface area contributed by atoms with E-state index in [9.17, 15) is 5.11 Å². The molecule has 1 aromatic carbocycles. The van der Waals surface area contributed by atoms with E-state index in [-0.39, 0.29) is 6.10 Å². The summed E-state index contributed by atoms with van der Waals surface area (Å²) in [6, 6.07) is 12.6. The van der Waals surface area contributed by atoms with E-state index in [1.165, 1.54) is 4.90 Å². The van der Waals surface area contributed by atoms with Gasteiger partial charge >= 0.3 is 0 Å². The highest BCUT2D eigenvalue weighted by Gasteiger charge is 2.10. The van der Waals surface area contributed by atoms with Gasteiger partial charge in [0.25, 0.3) is 0 Å². The lowest BCUT2D eigenvalue weighted by Gasteiger charge is -2.10. The Balaban J connectivity index is 1.82. The van der Waals surface area contributed by atoms with Crippen LogP contribution in [0.15, 0.2) is 47.5 Å². The summed E-state index contributed by atoms with van der Waals surface area (Å²) in [4.78, 5) is 1.19. The molecule has 2 atom stereocenters. The molecule has 0 aliphatic carbocycles. The summed E-state index contributed by atoms with van der Waals surface area (Å²) in [5.41, 5.74) is 0.964. The van der Waals surface area contributed by atoms with E-state index < -0.39 is 0 Å². The number of benzene rings is 1. The van der Waals surface area contributed by atoms with Crippen LogP contribution in [0.1, 0.15) is 32.0 Å². The number of nitrogens with zero attached hydrogens (tertiary/aromatic N) is 2. The second-order valence-corrected chi connectivity index (χ2v) is 6.12. The molecule has 0 saturated heterocycles. The fourth-order valence-corrected chi connectivity index (χ4v) is 2.78. The van der Waals surface area contributed by atoms with Crippen molar-refractivity contribution in [3.05, 3.63) is 48.3 Å². The maximum absolute atomic E-state index is 10.1. The van der Waals surface area contributed by atoms with Crippen molar-refractivity contribution < 1.29 is 5.11 Å². The van der Waals surface area contributed by atoms with Crippen molar-refractivity contribution in [2.75, 3.05) is 5.75 Å². The quantitative estimate of drug-likeness (QED) is 0.793. The van der Waals surface area contributed by atoms with Crippen molar-refractivity contribution >= 4 is 11.8 Å². The molecule has 0 fully saturated rings. The second-order valence-electron chi connectivity index (χ2n) is 5.03. The number of aliphatic hydroxyl groups excluding tert-OH is 1. The molecule has 0 spiro atoms. The minimum atomic E-state index is -0.361. The van der Waals surface area contributed by atoms with Crippen LogP contribution in [0.4, 0.5) is 0 Å². The largest absolute Gasteiger partial charge is 0.392 e. The summed E-state index contributed by atoms with van der Waals surface area (Å²) in [5, 5.41) is 14.6. The van der Waals surface area contributed by atoms with Crippen LogP contribution in [0.2, 0.25) is 0 Å². The number of aliphatic hydroxyl groups is 1. The van der Waals surface area contributed by atoms with Crippen LogP contribution >= 0.6 is 11.8 Å². The Kier molecular flexibility index (Phi) is 5.68. The minimum Gasteiger partial charge on any atom is -0.392 e. The Bertz CT molecular complexity index is 512. The normalized spacial score (nSPS) is 14.2. The van der Waals surface area contributed by atoms with Gasteiger partial charge in [0.1, 0.15) is 0 Å². The number of aromatic nitrogens is 2. The number of hydrogen-bond donors (Lipinski definition) is 1. The lowest BCUT2D eigenvalue weighted by atomic mass is 10.2. The Labute approximate surface area is 125 Å². The average molecular weight is 290 g/mol. The molecular formula is C16H22N2OS. The second kappa shape index (κ2) is 7.50. The van der Waals surface area contributed by atoms with Gasteiger partial charge in [0.15, 0.2) is 0 Å². The smallest absolute Gasteiger partial charge is 0.0690 e. The van der Waals surface area contributed by atoms with Gasteiger partial charge < -0.3 is 5.11 Å². The minimum absolute atomic E-state index is 0.361. The first kappa shape index (κ1) is 15.1. The molecule has 20 heavy (non-hydrogen) atoms. The monoisotopic (exact) mass is 290 g/mol. The molecule has 0 amide bonds. The van der Waals surface area contributed by atoms with Gasteiger partial charge in [-0.3, -0.25) is 4.68 Å². The highest BCUT2D eigenvalue weighted by Crippen LogP contribution is 2.19. The van der Waals surface area contributed by atoms with E-state index in [0.717, 1.165) is 12.1 Å². The van der Waals surface area contributed by atoms with Crippen LogP contribution in [0.25, 0.3) is 0 Å². The SMILES string of the molecule is CCC(C)n1ccc(CC(O)CSc2ccccc2)n1. The van der Waals surface area contributed by atoms with Crippen LogP contribution in [-0.2, 0) is 6.42 Å². The highest BCUT2D eigenvalue weighted by molar-refractivity contribution is 7.99. The van der Waals surface area contributed by atoms with Crippen molar-refractivity contribution in [2.24, 2.45) is 0 Å². The van der Waals surface area contributed by atoms with E-state index in [0.29, 0.717) is 18.2 Å². The summed E-state index contributed by atoms with van der Waals surface area (Å²) in [6.45, 7) is 4.30. The predicted molar refractivity (Wildman–Crippen MR) is 84.1 cm³/mol. The molecule has 0 aliphatic heterocycles. The van der Waals surface area contributed by atoms with E-state index in [2.05, 4.69) is 31.1 Å². The Morgan fingerprint density at radius 1 is 1.25 bits per heavy atom. The maximum Gasteiger partial charge on any atom is 0.0690 e. The number of rotatable bonds is 7. The van der Waals surface area contributed by atoms with Gasteiger partial charge in [0.05, 0.1) is 11.8 Å². The van der Waals surface area contributed by atoms with Gasteiger partial charge in [-0.1, -0.05) is 25.1 Å². The fourth-order valence-electron chi connectivity index (χ4n) is 1.93. The summed E-state index contributed by atoms with van der Waals surface area (Å²) in [7, 11) is 0. The van der Waals surface area contributed by atoms with Gasteiger partial charge in [0, 0.05) is 29.3 Å². The maximum atomic E-state index is 10.1. The standard InChI is InChI=1S/C16H22N2OS/c1-3-13(2)18-10-9-14(17-18)11-15(19)12-20-16-7-5-4-6-8-16/h4-10,13,15,19H,3,11-12H2,1-2H3. The van der Waals surface area contributed by atoms with E-state index >= 15 is 0 Å². The molecule has 2 unspecified atom stereocenters. The molecule has 108 valence electrons. The molecule has 0 saturated carbocycles. The van der Waals surface area contributed by atoms with Crippen LogP contribution in [0, 0.1) is 0 Å². The molecule has 0 bridgehead atoms. The third-order valence-corrected chi connectivity index (χ3v) is 4.49.